The molecule has 0 radical (unpaired) electrons. The van der Waals surface area contributed by atoms with Crippen molar-refractivity contribution in [3.05, 3.63) is 54.1 Å². The molecule has 37 heavy (non-hydrogen) atoms. The molecule has 0 saturated heterocycles. The van der Waals surface area contributed by atoms with Gasteiger partial charge in [-0.2, -0.15) is 5.26 Å². The van der Waals surface area contributed by atoms with Gasteiger partial charge >= 0.3 is 0 Å². The third-order valence-corrected chi connectivity index (χ3v) is 8.53. The zero-order valence-corrected chi connectivity index (χ0v) is 23.8. The van der Waals surface area contributed by atoms with Crippen molar-refractivity contribution in [2.45, 2.75) is 129 Å². The van der Waals surface area contributed by atoms with Gasteiger partial charge in [-0.1, -0.05) is 121 Å². The van der Waals surface area contributed by atoms with Gasteiger partial charge in [0.25, 0.3) is 0 Å². The second-order valence-electron chi connectivity index (χ2n) is 11.4. The number of nitrogens with zero attached hydrogens (tertiary/aromatic N) is 1. The Labute approximate surface area is 227 Å². The van der Waals surface area contributed by atoms with Crippen LogP contribution in [0.2, 0.25) is 0 Å². The molecule has 1 fully saturated rings. The Morgan fingerprint density at radius 2 is 1.22 bits per heavy atom. The van der Waals surface area contributed by atoms with Crippen LogP contribution < -0.4 is 4.74 Å². The molecule has 0 aliphatic heterocycles. The summed E-state index contributed by atoms with van der Waals surface area (Å²) in [4.78, 5) is 0. The van der Waals surface area contributed by atoms with E-state index in [0.29, 0.717) is 5.92 Å². The summed E-state index contributed by atoms with van der Waals surface area (Å²) in [7, 11) is 0. The second-order valence-corrected chi connectivity index (χ2v) is 11.4. The SMILES string of the molecule is CCCCCCCCCC1(C#N)CCC(c2ccc(-c3ccc(OCCCCCCC)cc3)cc2)CC1. The molecule has 0 unspecified atom stereocenters. The molecule has 0 heterocycles. The number of hydrogen-bond acceptors (Lipinski definition) is 2. The van der Waals surface area contributed by atoms with Crippen LogP contribution in [0, 0.1) is 16.7 Å². The molecule has 0 aromatic heterocycles. The zero-order valence-electron chi connectivity index (χ0n) is 23.8. The fourth-order valence-corrected chi connectivity index (χ4v) is 5.93. The van der Waals surface area contributed by atoms with E-state index in [-0.39, 0.29) is 5.41 Å². The molecule has 0 amide bonds. The summed E-state index contributed by atoms with van der Waals surface area (Å²) in [6.45, 7) is 5.33. The fourth-order valence-electron chi connectivity index (χ4n) is 5.93. The van der Waals surface area contributed by atoms with Crippen LogP contribution in [0.3, 0.4) is 0 Å². The lowest BCUT2D eigenvalue weighted by molar-refractivity contribution is 0.223. The van der Waals surface area contributed by atoms with E-state index in [1.54, 1.807) is 0 Å². The third kappa shape index (κ3) is 9.85. The molecule has 1 aliphatic rings. The molecule has 2 aromatic carbocycles. The number of ether oxygens (including phenoxy) is 1. The summed E-state index contributed by atoms with van der Waals surface area (Å²) >= 11 is 0. The molecule has 202 valence electrons. The van der Waals surface area contributed by atoms with E-state index in [9.17, 15) is 5.26 Å². The summed E-state index contributed by atoms with van der Waals surface area (Å²) in [5, 5.41) is 9.99. The largest absolute Gasteiger partial charge is 0.494 e. The zero-order chi connectivity index (χ0) is 26.2. The summed E-state index contributed by atoms with van der Waals surface area (Å²) in [5.74, 6) is 1.56. The van der Waals surface area contributed by atoms with Gasteiger partial charge in [0, 0.05) is 0 Å². The van der Waals surface area contributed by atoms with Crippen molar-refractivity contribution in [2.75, 3.05) is 6.61 Å². The molecule has 3 rings (SSSR count). The monoisotopic (exact) mass is 501 g/mol. The van der Waals surface area contributed by atoms with E-state index >= 15 is 0 Å². The number of rotatable bonds is 17. The lowest BCUT2D eigenvalue weighted by atomic mass is 9.67. The summed E-state index contributed by atoms with van der Waals surface area (Å²) in [5.41, 5.74) is 3.87. The van der Waals surface area contributed by atoms with E-state index in [1.165, 1.54) is 87.3 Å². The quantitative estimate of drug-likeness (QED) is 0.202. The van der Waals surface area contributed by atoms with Crippen LogP contribution in [0.25, 0.3) is 11.1 Å². The first-order chi connectivity index (χ1) is 18.2. The van der Waals surface area contributed by atoms with Crippen LogP contribution >= 0.6 is 0 Å². The van der Waals surface area contributed by atoms with Crippen molar-refractivity contribution in [1.29, 1.82) is 5.26 Å². The van der Waals surface area contributed by atoms with Crippen molar-refractivity contribution in [1.82, 2.24) is 0 Å². The molecular formula is C35H51NO. The Morgan fingerprint density at radius 1 is 0.703 bits per heavy atom. The summed E-state index contributed by atoms with van der Waals surface area (Å²) in [6, 6.07) is 20.5. The van der Waals surface area contributed by atoms with Crippen LogP contribution in [0.5, 0.6) is 5.75 Å². The van der Waals surface area contributed by atoms with Gasteiger partial charge in [0.1, 0.15) is 5.75 Å². The standard InChI is InChI=1S/C35H51NO/c1-3-5-7-9-10-11-13-25-35(29-36)26-23-33(24-27-35)31-17-15-30(16-18-31)32-19-21-34(22-20-32)37-28-14-12-8-6-4-2/h15-22,33H,3-14,23-28H2,1-2H3. The highest BCUT2D eigenvalue weighted by molar-refractivity contribution is 5.64. The smallest absolute Gasteiger partial charge is 0.119 e. The van der Waals surface area contributed by atoms with Crippen molar-refractivity contribution >= 4 is 0 Å². The highest BCUT2D eigenvalue weighted by Crippen LogP contribution is 2.46. The number of unbranched alkanes of at least 4 members (excludes halogenated alkanes) is 10. The van der Waals surface area contributed by atoms with E-state index < -0.39 is 0 Å². The molecule has 0 N–H and O–H groups in total. The molecule has 0 spiro atoms. The maximum atomic E-state index is 9.99. The van der Waals surface area contributed by atoms with Gasteiger partial charge in [0.2, 0.25) is 0 Å². The fraction of sp³-hybridized carbons (Fsp3) is 0.629. The average Bonchev–Trinajstić information content (AvgIpc) is 2.95. The highest BCUT2D eigenvalue weighted by Gasteiger charge is 2.35. The Morgan fingerprint density at radius 3 is 1.78 bits per heavy atom. The lowest BCUT2D eigenvalue weighted by Gasteiger charge is -2.35. The molecular weight excluding hydrogens is 450 g/mol. The molecule has 1 aliphatic carbocycles. The van der Waals surface area contributed by atoms with Gasteiger partial charge in [-0.15, -0.1) is 0 Å². The van der Waals surface area contributed by atoms with Crippen LogP contribution in [-0.2, 0) is 0 Å². The van der Waals surface area contributed by atoms with Gasteiger partial charge < -0.3 is 4.74 Å². The normalized spacial score (nSPS) is 19.4. The van der Waals surface area contributed by atoms with Crippen LogP contribution in [0.15, 0.2) is 48.5 Å². The molecule has 1 saturated carbocycles. The van der Waals surface area contributed by atoms with Crippen LogP contribution in [0.4, 0.5) is 0 Å². The van der Waals surface area contributed by atoms with Crippen molar-refractivity contribution in [2.24, 2.45) is 5.41 Å². The Balaban J connectivity index is 1.42. The van der Waals surface area contributed by atoms with Gasteiger partial charge in [-0.25, -0.2) is 0 Å². The summed E-state index contributed by atoms with van der Waals surface area (Å²) in [6.07, 6.45) is 21.1. The number of hydrogen-bond donors (Lipinski definition) is 0. The van der Waals surface area contributed by atoms with Crippen molar-refractivity contribution < 1.29 is 4.74 Å². The van der Waals surface area contributed by atoms with Crippen molar-refractivity contribution in [3.63, 3.8) is 0 Å². The van der Waals surface area contributed by atoms with Crippen molar-refractivity contribution in [3.8, 4) is 22.9 Å². The minimum Gasteiger partial charge on any atom is -0.494 e. The highest BCUT2D eigenvalue weighted by atomic mass is 16.5. The van der Waals surface area contributed by atoms with E-state index in [4.69, 9.17) is 4.74 Å². The minimum absolute atomic E-state index is 0.0703. The van der Waals surface area contributed by atoms with E-state index in [1.807, 2.05) is 0 Å². The first-order valence-corrected chi connectivity index (χ1v) is 15.4. The third-order valence-electron chi connectivity index (χ3n) is 8.53. The Bertz CT molecular complexity index is 900. The predicted octanol–water partition coefficient (Wildman–Crippen LogP) is 11.0. The van der Waals surface area contributed by atoms with Crippen LogP contribution in [0.1, 0.15) is 134 Å². The maximum absolute atomic E-state index is 9.99. The van der Waals surface area contributed by atoms with Crippen LogP contribution in [-0.4, -0.2) is 6.61 Å². The molecule has 2 nitrogen and oxygen atoms in total. The van der Waals surface area contributed by atoms with Gasteiger partial charge in [0.15, 0.2) is 0 Å². The van der Waals surface area contributed by atoms with Gasteiger partial charge in [-0.05, 0) is 73.3 Å². The molecule has 0 atom stereocenters. The first kappa shape index (κ1) is 29.3. The van der Waals surface area contributed by atoms with Gasteiger partial charge in [-0.3, -0.25) is 0 Å². The van der Waals surface area contributed by atoms with E-state index in [2.05, 4.69) is 68.4 Å². The number of benzene rings is 2. The molecule has 0 bridgehead atoms. The predicted molar refractivity (Wildman–Crippen MR) is 158 cm³/mol. The Kier molecular flexibility index (Phi) is 13.1. The average molecular weight is 502 g/mol. The molecule has 2 heteroatoms. The molecule has 2 aromatic rings. The second kappa shape index (κ2) is 16.5. The van der Waals surface area contributed by atoms with Gasteiger partial charge in [0.05, 0.1) is 18.1 Å². The lowest BCUT2D eigenvalue weighted by Crippen LogP contribution is -2.25. The topological polar surface area (TPSA) is 33.0 Å². The van der Waals surface area contributed by atoms with E-state index in [0.717, 1.165) is 50.9 Å². The number of nitriles is 1. The first-order valence-electron chi connectivity index (χ1n) is 15.4. The Hall–Kier alpha value is -2.27. The maximum Gasteiger partial charge on any atom is 0.119 e. The summed E-state index contributed by atoms with van der Waals surface area (Å²) < 4.78 is 5.93. The minimum atomic E-state index is -0.0703.